The molecule has 2 aromatic rings. The smallest absolute Gasteiger partial charge is 0.104 e. The van der Waals surface area contributed by atoms with Gasteiger partial charge in [0.25, 0.3) is 0 Å². The first-order chi connectivity index (χ1) is 9.63. The van der Waals surface area contributed by atoms with Gasteiger partial charge in [0.05, 0.1) is 12.7 Å². The van der Waals surface area contributed by atoms with Crippen LogP contribution in [0.4, 0.5) is 0 Å². The summed E-state index contributed by atoms with van der Waals surface area (Å²) in [6.07, 6.45) is -1.48. The minimum Gasteiger partial charge on any atom is -0.394 e. The Bertz CT molecular complexity index is 539. The number of benzene rings is 2. The van der Waals surface area contributed by atoms with E-state index >= 15 is 0 Å². The first-order valence-corrected chi connectivity index (χ1v) is 6.75. The first-order valence-electron chi connectivity index (χ1n) is 6.75. The van der Waals surface area contributed by atoms with Crippen molar-refractivity contribution in [3.8, 4) is 0 Å². The molecule has 0 radical (unpaired) electrons. The van der Waals surface area contributed by atoms with Crippen LogP contribution in [0.25, 0.3) is 0 Å². The van der Waals surface area contributed by atoms with Crippen LogP contribution in [0.2, 0.25) is 0 Å². The lowest BCUT2D eigenvalue weighted by atomic mass is 9.92. The molecule has 0 spiro atoms. The van der Waals surface area contributed by atoms with Crippen molar-refractivity contribution in [3.63, 3.8) is 0 Å². The van der Waals surface area contributed by atoms with Gasteiger partial charge in [-0.05, 0) is 16.7 Å². The fraction of sp³-hybridized carbons (Fsp3) is 0.294. The number of aliphatic hydroxyl groups excluding tert-OH is 3. The summed E-state index contributed by atoms with van der Waals surface area (Å²) in [6, 6.07) is 16.9. The summed E-state index contributed by atoms with van der Waals surface area (Å²) in [6.45, 7) is 1.58. The third kappa shape index (κ3) is 3.25. The van der Waals surface area contributed by atoms with Crippen molar-refractivity contribution in [2.45, 2.75) is 25.0 Å². The predicted octanol–water partition coefficient (Wildman–Crippen LogP) is 2.23. The molecule has 0 saturated heterocycles. The van der Waals surface area contributed by atoms with Crippen molar-refractivity contribution in [2.24, 2.45) is 0 Å². The maximum atomic E-state index is 10.4. The minimum absolute atomic E-state index is 0.178. The van der Waals surface area contributed by atoms with Crippen LogP contribution >= 0.6 is 0 Å². The largest absolute Gasteiger partial charge is 0.394 e. The average molecular weight is 272 g/mol. The highest BCUT2D eigenvalue weighted by Gasteiger charge is 2.17. The molecule has 3 atom stereocenters. The van der Waals surface area contributed by atoms with E-state index in [0.717, 1.165) is 16.7 Å². The maximum Gasteiger partial charge on any atom is 0.104 e. The summed E-state index contributed by atoms with van der Waals surface area (Å²) in [4.78, 5) is 0. The third-order valence-corrected chi connectivity index (χ3v) is 3.63. The normalized spacial score (nSPS) is 15.6. The molecule has 106 valence electrons. The molecular weight excluding hydrogens is 252 g/mol. The molecule has 20 heavy (non-hydrogen) atoms. The number of aliphatic hydroxyl groups is 3. The van der Waals surface area contributed by atoms with E-state index in [1.54, 1.807) is 0 Å². The Morgan fingerprint density at radius 3 is 2.10 bits per heavy atom. The zero-order valence-corrected chi connectivity index (χ0v) is 11.5. The second-order valence-electron chi connectivity index (χ2n) is 5.02. The monoisotopic (exact) mass is 272 g/mol. The summed E-state index contributed by atoms with van der Waals surface area (Å²) in [5.41, 5.74) is 2.52. The van der Waals surface area contributed by atoms with Crippen molar-refractivity contribution in [2.75, 3.05) is 6.61 Å². The molecule has 0 aliphatic carbocycles. The van der Waals surface area contributed by atoms with Crippen molar-refractivity contribution in [1.82, 2.24) is 0 Å². The van der Waals surface area contributed by atoms with Gasteiger partial charge in [0.15, 0.2) is 0 Å². The van der Waals surface area contributed by atoms with E-state index in [1.165, 1.54) is 0 Å². The molecule has 2 rings (SSSR count). The van der Waals surface area contributed by atoms with Gasteiger partial charge in [-0.15, -0.1) is 0 Å². The summed E-state index contributed by atoms with van der Waals surface area (Å²) in [5.74, 6) is -0.178. The number of hydrogen-bond acceptors (Lipinski definition) is 3. The van der Waals surface area contributed by atoms with Gasteiger partial charge in [-0.25, -0.2) is 0 Å². The van der Waals surface area contributed by atoms with Crippen LogP contribution in [0.3, 0.4) is 0 Å². The van der Waals surface area contributed by atoms with Gasteiger partial charge >= 0.3 is 0 Å². The van der Waals surface area contributed by atoms with Crippen molar-refractivity contribution in [3.05, 3.63) is 71.3 Å². The lowest BCUT2D eigenvalue weighted by Gasteiger charge is -2.19. The second kappa shape index (κ2) is 6.66. The Balaban J connectivity index is 2.26. The van der Waals surface area contributed by atoms with Gasteiger partial charge < -0.3 is 15.3 Å². The standard InChI is InChI=1S/C17H20O3/c1-12(16(19)11-18)14-8-5-9-15(10-14)17(20)13-6-3-2-4-7-13/h2-10,12,16-20H,11H2,1H3/t12-,16-,17?/m0/s1. The lowest BCUT2D eigenvalue weighted by molar-refractivity contribution is 0.0771. The van der Waals surface area contributed by atoms with E-state index in [-0.39, 0.29) is 12.5 Å². The predicted molar refractivity (Wildman–Crippen MR) is 78.5 cm³/mol. The van der Waals surface area contributed by atoms with Crippen LogP contribution in [0, 0.1) is 0 Å². The summed E-state index contributed by atoms with van der Waals surface area (Å²) in [7, 11) is 0. The van der Waals surface area contributed by atoms with E-state index in [9.17, 15) is 10.2 Å². The van der Waals surface area contributed by atoms with Crippen LogP contribution in [0.15, 0.2) is 54.6 Å². The van der Waals surface area contributed by atoms with Gasteiger partial charge in [-0.1, -0.05) is 61.5 Å². The quantitative estimate of drug-likeness (QED) is 0.782. The highest BCUT2D eigenvalue weighted by atomic mass is 16.3. The molecular formula is C17H20O3. The summed E-state index contributed by atoms with van der Waals surface area (Å²) >= 11 is 0. The molecule has 3 nitrogen and oxygen atoms in total. The van der Waals surface area contributed by atoms with Gasteiger partial charge in [0, 0.05) is 5.92 Å². The Morgan fingerprint density at radius 1 is 0.850 bits per heavy atom. The maximum absolute atomic E-state index is 10.4. The zero-order valence-electron chi connectivity index (χ0n) is 11.5. The van der Waals surface area contributed by atoms with Crippen LogP contribution in [-0.4, -0.2) is 28.0 Å². The zero-order chi connectivity index (χ0) is 14.5. The van der Waals surface area contributed by atoms with Crippen molar-refractivity contribution in [1.29, 1.82) is 0 Å². The fourth-order valence-corrected chi connectivity index (χ4v) is 2.22. The van der Waals surface area contributed by atoms with Crippen LogP contribution < -0.4 is 0 Å². The molecule has 0 aliphatic heterocycles. The molecule has 0 aliphatic rings. The minimum atomic E-state index is -0.792. The highest BCUT2D eigenvalue weighted by Crippen LogP contribution is 2.26. The number of rotatable bonds is 5. The fourth-order valence-electron chi connectivity index (χ4n) is 2.22. The summed E-state index contributed by atoms with van der Waals surface area (Å²) in [5, 5.41) is 29.1. The Kier molecular flexibility index (Phi) is 4.90. The van der Waals surface area contributed by atoms with Crippen LogP contribution in [0.1, 0.15) is 35.6 Å². The van der Waals surface area contributed by atoms with Crippen LogP contribution in [0.5, 0.6) is 0 Å². The van der Waals surface area contributed by atoms with Gasteiger partial charge in [0.1, 0.15) is 6.10 Å². The summed E-state index contributed by atoms with van der Waals surface area (Å²) < 4.78 is 0. The van der Waals surface area contributed by atoms with E-state index < -0.39 is 12.2 Å². The van der Waals surface area contributed by atoms with E-state index in [1.807, 2.05) is 61.5 Å². The van der Waals surface area contributed by atoms with Crippen molar-refractivity contribution < 1.29 is 15.3 Å². The highest BCUT2D eigenvalue weighted by molar-refractivity contribution is 5.34. The molecule has 0 heterocycles. The second-order valence-corrected chi connectivity index (χ2v) is 5.02. The van der Waals surface area contributed by atoms with E-state index in [2.05, 4.69) is 0 Å². The van der Waals surface area contributed by atoms with E-state index in [0.29, 0.717) is 0 Å². The molecule has 0 amide bonds. The van der Waals surface area contributed by atoms with Gasteiger partial charge in [0.2, 0.25) is 0 Å². The Labute approximate surface area is 119 Å². The number of hydrogen-bond donors (Lipinski definition) is 3. The topological polar surface area (TPSA) is 60.7 Å². The van der Waals surface area contributed by atoms with Gasteiger partial charge in [-0.3, -0.25) is 0 Å². The molecule has 0 saturated carbocycles. The molecule has 0 aromatic heterocycles. The molecule has 3 heteroatoms. The van der Waals surface area contributed by atoms with Gasteiger partial charge in [-0.2, -0.15) is 0 Å². The van der Waals surface area contributed by atoms with Crippen molar-refractivity contribution >= 4 is 0 Å². The Hall–Kier alpha value is -1.68. The Morgan fingerprint density at radius 2 is 1.45 bits per heavy atom. The molecule has 0 fully saturated rings. The van der Waals surface area contributed by atoms with Crippen LogP contribution in [-0.2, 0) is 0 Å². The molecule has 1 unspecified atom stereocenters. The first kappa shape index (κ1) is 14.7. The average Bonchev–Trinajstić information content (AvgIpc) is 2.53. The third-order valence-electron chi connectivity index (χ3n) is 3.63. The SMILES string of the molecule is C[C@@H](c1cccc(C(O)c2ccccc2)c1)[C@@H](O)CO. The lowest BCUT2D eigenvalue weighted by Crippen LogP contribution is -2.20. The molecule has 0 bridgehead atoms. The molecule has 3 N–H and O–H groups in total. The molecule has 2 aromatic carbocycles. The van der Waals surface area contributed by atoms with E-state index in [4.69, 9.17) is 5.11 Å².